The van der Waals surface area contributed by atoms with E-state index in [0.29, 0.717) is 11.3 Å². The molecule has 0 spiro atoms. The average Bonchev–Trinajstić information content (AvgIpc) is 2.97. The molecule has 0 fully saturated rings. The van der Waals surface area contributed by atoms with E-state index in [1.54, 1.807) is 70.2 Å². The number of carboxylic acids is 1. The fourth-order valence-corrected chi connectivity index (χ4v) is 3.64. The lowest BCUT2D eigenvalue weighted by Crippen LogP contribution is -2.61. The minimum absolute atomic E-state index is 0.196. The Balaban J connectivity index is 0.00000148. The molecule has 0 aromatic heterocycles. The number of halogens is 3. The van der Waals surface area contributed by atoms with Crippen LogP contribution in [0.3, 0.4) is 0 Å². The number of urea groups is 1. The van der Waals surface area contributed by atoms with E-state index in [4.69, 9.17) is 25.2 Å². The van der Waals surface area contributed by atoms with Crippen LogP contribution >= 0.6 is 0 Å². The molecule has 18 heteroatoms. The molecule has 2 aromatic rings. The van der Waals surface area contributed by atoms with Crippen LogP contribution in [0.2, 0.25) is 0 Å². The van der Waals surface area contributed by atoms with E-state index in [1.807, 2.05) is 0 Å². The molecule has 0 aliphatic rings. The smallest absolute Gasteiger partial charge is 0.475 e. The third kappa shape index (κ3) is 14.6. The first-order chi connectivity index (χ1) is 22.3. The predicted molar refractivity (Wildman–Crippen MR) is 166 cm³/mol. The zero-order valence-electron chi connectivity index (χ0n) is 26.6. The highest BCUT2D eigenvalue weighted by atomic mass is 19.4. The lowest BCUT2D eigenvalue weighted by atomic mass is 10.1. The molecule has 0 bridgehead atoms. The summed E-state index contributed by atoms with van der Waals surface area (Å²) in [5, 5.41) is 18.1. The van der Waals surface area contributed by atoms with Crippen molar-refractivity contribution in [2.45, 2.75) is 71.6 Å². The van der Waals surface area contributed by atoms with Gasteiger partial charge in [-0.3, -0.25) is 19.3 Å². The number of esters is 2. The van der Waals surface area contributed by atoms with E-state index < -0.39 is 72.8 Å². The lowest BCUT2D eigenvalue weighted by molar-refractivity contribution is -0.192. The number of carbonyl (C=O) groups is 6. The number of carbonyl (C=O) groups excluding carboxylic acids is 5. The highest BCUT2D eigenvalue weighted by Gasteiger charge is 2.39. The second-order valence-corrected chi connectivity index (χ2v) is 10.2. The maximum Gasteiger partial charge on any atom is 0.490 e. The Bertz CT molecular complexity index is 1440. The SMILES string of the molecule is CC(=O)N[C@@H](CC(=O)OC(C)C)C(=O)N(c1ccccc1)[C@@H](NC(=O)Nc1ccc(C=NN)cc1)C(=O)OC(C)C.O=C(O)C(F)(F)F. The summed E-state index contributed by atoms with van der Waals surface area (Å²) in [6.07, 6.45) is -6.92. The van der Waals surface area contributed by atoms with Crippen LogP contribution in [-0.2, 0) is 33.4 Å². The Hall–Kier alpha value is -5.68. The summed E-state index contributed by atoms with van der Waals surface area (Å²) in [6.45, 7) is 7.68. The standard InChI is InChI=1S/C28H36N6O7.C2HF3O2/c1-17(2)40-24(36)15-23(31-19(5)35)26(37)34(22-9-7-6-8-10-22)25(27(38)41-18(3)4)33-28(39)32-21-13-11-20(12-14-21)16-30-29;3-2(4,5)1(6)7/h6-14,16-18,23,25H,15,29H2,1-5H3,(H,31,35)(H2,32,33,39);(H,6,7)/t23-,25+;/m0./s1. The monoisotopic (exact) mass is 682 g/mol. The van der Waals surface area contributed by atoms with E-state index in [0.717, 1.165) is 4.90 Å². The summed E-state index contributed by atoms with van der Waals surface area (Å²) >= 11 is 0. The predicted octanol–water partition coefficient (Wildman–Crippen LogP) is 2.89. The van der Waals surface area contributed by atoms with Crippen LogP contribution in [0.15, 0.2) is 59.7 Å². The molecule has 2 atom stereocenters. The topological polar surface area (TPSA) is 219 Å². The molecule has 2 aromatic carbocycles. The normalized spacial score (nSPS) is 12.2. The van der Waals surface area contributed by atoms with Gasteiger partial charge in [-0.15, -0.1) is 0 Å². The van der Waals surface area contributed by atoms with Crippen molar-refractivity contribution >= 4 is 53.3 Å². The Morgan fingerprint density at radius 3 is 1.92 bits per heavy atom. The van der Waals surface area contributed by atoms with Crippen molar-refractivity contribution in [1.82, 2.24) is 10.6 Å². The minimum atomic E-state index is -5.08. The Morgan fingerprint density at radius 1 is 0.917 bits per heavy atom. The number of alkyl halides is 3. The van der Waals surface area contributed by atoms with Crippen molar-refractivity contribution in [3.8, 4) is 0 Å². The number of amides is 4. The second-order valence-electron chi connectivity index (χ2n) is 10.2. The van der Waals surface area contributed by atoms with Gasteiger partial charge < -0.3 is 36.4 Å². The van der Waals surface area contributed by atoms with Crippen molar-refractivity contribution in [3.63, 3.8) is 0 Å². The van der Waals surface area contributed by atoms with Gasteiger partial charge in [-0.1, -0.05) is 30.3 Å². The molecule has 262 valence electrons. The average molecular weight is 683 g/mol. The number of nitrogens with two attached hydrogens (primary N) is 1. The number of benzene rings is 2. The number of aliphatic carboxylic acids is 1. The van der Waals surface area contributed by atoms with Gasteiger partial charge in [0.25, 0.3) is 5.91 Å². The summed E-state index contributed by atoms with van der Waals surface area (Å²) in [5.74, 6) is -0.742. The molecule has 48 heavy (non-hydrogen) atoms. The number of hydrazone groups is 1. The summed E-state index contributed by atoms with van der Waals surface area (Å²) in [4.78, 5) is 74.7. The first kappa shape index (κ1) is 40.3. The van der Waals surface area contributed by atoms with Crippen molar-refractivity contribution in [2.24, 2.45) is 10.9 Å². The molecule has 4 amide bonds. The van der Waals surface area contributed by atoms with Crippen molar-refractivity contribution in [1.29, 1.82) is 0 Å². The quantitative estimate of drug-likeness (QED) is 0.0725. The van der Waals surface area contributed by atoms with Gasteiger partial charge >= 0.3 is 30.1 Å². The van der Waals surface area contributed by atoms with Gasteiger partial charge in [-0.05, 0) is 57.5 Å². The number of carboxylic acid groups (broad SMARTS) is 1. The molecule has 0 saturated carbocycles. The zero-order chi connectivity index (χ0) is 36.6. The number of anilines is 2. The first-order valence-electron chi connectivity index (χ1n) is 14.1. The fraction of sp³-hybridized carbons (Fsp3) is 0.367. The van der Waals surface area contributed by atoms with Crippen LogP contribution in [0.1, 0.15) is 46.6 Å². The van der Waals surface area contributed by atoms with Crippen LogP contribution in [0.4, 0.5) is 29.3 Å². The molecule has 0 aliphatic carbocycles. The molecule has 2 rings (SSSR count). The summed E-state index contributed by atoms with van der Waals surface area (Å²) in [5.41, 5.74) is 1.26. The van der Waals surface area contributed by atoms with Crippen LogP contribution in [0, 0.1) is 0 Å². The van der Waals surface area contributed by atoms with E-state index >= 15 is 0 Å². The minimum Gasteiger partial charge on any atom is -0.475 e. The fourth-order valence-electron chi connectivity index (χ4n) is 3.64. The molecule has 0 heterocycles. The van der Waals surface area contributed by atoms with Crippen molar-refractivity contribution in [3.05, 3.63) is 60.2 Å². The molecule has 6 N–H and O–H groups in total. The van der Waals surface area contributed by atoms with E-state index in [-0.39, 0.29) is 5.69 Å². The first-order valence-corrected chi connectivity index (χ1v) is 14.1. The van der Waals surface area contributed by atoms with Crippen LogP contribution < -0.4 is 26.7 Å². The van der Waals surface area contributed by atoms with Gasteiger partial charge in [0.1, 0.15) is 6.04 Å². The number of ether oxygens (including phenoxy) is 2. The third-order valence-corrected chi connectivity index (χ3v) is 5.42. The van der Waals surface area contributed by atoms with E-state index in [9.17, 15) is 37.1 Å². The van der Waals surface area contributed by atoms with Crippen LogP contribution in [0.25, 0.3) is 0 Å². The summed E-state index contributed by atoms with van der Waals surface area (Å²) in [6, 6.07) is 12.2. The van der Waals surface area contributed by atoms with Gasteiger partial charge in [0.05, 0.1) is 24.8 Å². The molecule has 0 aliphatic heterocycles. The number of nitrogens with one attached hydrogen (secondary N) is 3. The van der Waals surface area contributed by atoms with Gasteiger partial charge in [0, 0.05) is 18.3 Å². The van der Waals surface area contributed by atoms with Crippen LogP contribution in [0.5, 0.6) is 0 Å². The van der Waals surface area contributed by atoms with Crippen LogP contribution in [-0.4, -0.2) is 77.7 Å². The third-order valence-electron chi connectivity index (χ3n) is 5.42. The number of hydrogen-bond donors (Lipinski definition) is 5. The Morgan fingerprint density at radius 2 is 1.46 bits per heavy atom. The highest BCUT2D eigenvalue weighted by molar-refractivity contribution is 6.06. The summed E-state index contributed by atoms with van der Waals surface area (Å²) in [7, 11) is 0. The second kappa shape index (κ2) is 19.1. The molecule has 0 saturated heterocycles. The maximum atomic E-state index is 14.0. The molecular formula is C30H37F3N6O9. The number of para-hydroxylation sites is 1. The van der Waals surface area contributed by atoms with E-state index in [2.05, 4.69) is 21.1 Å². The maximum absolute atomic E-state index is 14.0. The van der Waals surface area contributed by atoms with Gasteiger partial charge in [-0.25, -0.2) is 14.4 Å². The zero-order valence-corrected chi connectivity index (χ0v) is 26.6. The van der Waals surface area contributed by atoms with Gasteiger partial charge in [0.15, 0.2) is 0 Å². The number of hydrogen-bond acceptors (Lipinski definition) is 10. The largest absolute Gasteiger partial charge is 0.490 e. The number of nitrogens with zero attached hydrogens (tertiary/aromatic N) is 2. The Labute approximate surface area is 273 Å². The summed E-state index contributed by atoms with van der Waals surface area (Å²) < 4.78 is 42.3. The number of rotatable bonds is 12. The van der Waals surface area contributed by atoms with Gasteiger partial charge in [-0.2, -0.15) is 18.3 Å². The van der Waals surface area contributed by atoms with Crippen molar-refractivity contribution < 1.29 is 56.5 Å². The molecule has 0 radical (unpaired) electrons. The molecule has 0 unspecified atom stereocenters. The van der Waals surface area contributed by atoms with Crippen molar-refractivity contribution in [2.75, 3.05) is 10.2 Å². The Kier molecular flexibility index (Phi) is 16.0. The van der Waals surface area contributed by atoms with E-state index in [1.165, 1.54) is 25.3 Å². The highest BCUT2D eigenvalue weighted by Crippen LogP contribution is 2.20. The lowest BCUT2D eigenvalue weighted by Gasteiger charge is -2.33. The molecule has 15 nitrogen and oxygen atoms in total. The van der Waals surface area contributed by atoms with Gasteiger partial charge in [0.2, 0.25) is 12.1 Å². The molecular weight excluding hydrogens is 645 g/mol.